The lowest BCUT2D eigenvalue weighted by molar-refractivity contribution is -0.122. The highest BCUT2D eigenvalue weighted by Crippen LogP contribution is 2.28. The molecule has 0 saturated carbocycles. The Kier molecular flexibility index (Phi) is 6.58. The maximum atomic E-state index is 12.4. The Labute approximate surface area is 152 Å². The first-order chi connectivity index (χ1) is 11.4. The maximum Gasteiger partial charge on any atom is 0.265 e. The average Bonchev–Trinajstić information content (AvgIpc) is 2.54. The summed E-state index contributed by atoms with van der Waals surface area (Å²) < 4.78 is 5.79. The first-order valence-electron chi connectivity index (χ1n) is 7.88. The Morgan fingerprint density at radius 1 is 1.25 bits per heavy atom. The van der Waals surface area contributed by atoms with E-state index in [4.69, 9.17) is 16.3 Å². The third-order valence-corrected chi connectivity index (χ3v) is 5.09. The molecule has 2 rings (SSSR count). The van der Waals surface area contributed by atoms with Crippen molar-refractivity contribution in [2.24, 2.45) is 0 Å². The minimum Gasteiger partial charge on any atom is -0.481 e. The minimum atomic E-state index is -0.607. The molecule has 1 atom stereocenters. The molecular formula is C19H22ClNO2S. The number of hydrogen-bond acceptors (Lipinski definition) is 3. The van der Waals surface area contributed by atoms with E-state index in [1.807, 2.05) is 50.2 Å². The molecule has 1 amide bonds. The van der Waals surface area contributed by atoms with Crippen molar-refractivity contribution in [3.05, 3.63) is 52.5 Å². The number of nitrogens with one attached hydrogen (secondary N) is 1. The van der Waals surface area contributed by atoms with Crippen LogP contribution in [0, 0.1) is 13.8 Å². The zero-order chi connectivity index (χ0) is 17.7. The molecule has 0 saturated heterocycles. The highest BCUT2D eigenvalue weighted by molar-refractivity contribution is 7.99. The molecule has 0 aliphatic heterocycles. The van der Waals surface area contributed by atoms with Gasteiger partial charge in [0.1, 0.15) is 5.75 Å². The van der Waals surface area contributed by atoms with Crippen LogP contribution < -0.4 is 10.1 Å². The van der Waals surface area contributed by atoms with E-state index in [9.17, 15) is 4.79 Å². The lowest BCUT2D eigenvalue weighted by Gasteiger charge is -2.17. The quantitative estimate of drug-likeness (QED) is 0.691. The molecule has 0 fully saturated rings. The van der Waals surface area contributed by atoms with E-state index in [0.717, 1.165) is 32.5 Å². The summed E-state index contributed by atoms with van der Waals surface area (Å²) in [4.78, 5) is 13.5. The Morgan fingerprint density at radius 3 is 2.50 bits per heavy atom. The number of aryl methyl sites for hydroxylation is 2. The van der Waals surface area contributed by atoms with Crippen LogP contribution in [0.2, 0.25) is 5.02 Å². The van der Waals surface area contributed by atoms with Crippen molar-refractivity contribution in [3.8, 4) is 5.75 Å². The van der Waals surface area contributed by atoms with Crippen LogP contribution in [-0.2, 0) is 4.79 Å². The molecule has 2 aromatic rings. The van der Waals surface area contributed by atoms with Crippen molar-refractivity contribution in [2.75, 3.05) is 11.1 Å². The fourth-order valence-corrected chi connectivity index (χ4v) is 3.19. The summed E-state index contributed by atoms with van der Waals surface area (Å²) in [7, 11) is 0. The molecular weight excluding hydrogens is 342 g/mol. The van der Waals surface area contributed by atoms with Gasteiger partial charge in [-0.2, -0.15) is 0 Å². The third-order valence-electron chi connectivity index (χ3n) is 3.54. The fourth-order valence-electron chi connectivity index (χ4n) is 2.32. The predicted octanol–water partition coefficient (Wildman–Crippen LogP) is 5.47. The second-order valence-corrected chi connectivity index (χ2v) is 7.23. The first kappa shape index (κ1) is 18.7. The number of thioether (sulfide) groups is 1. The van der Waals surface area contributed by atoms with E-state index in [2.05, 4.69) is 12.2 Å². The summed E-state index contributed by atoms with van der Waals surface area (Å²) in [5.74, 6) is 1.42. The Morgan fingerprint density at radius 2 is 1.88 bits per heavy atom. The molecule has 5 heteroatoms. The highest BCUT2D eigenvalue weighted by Gasteiger charge is 2.17. The van der Waals surface area contributed by atoms with Crippen LogP contribution in [0.3, 0.4) is 0 Å². The van der Waals surface area contributed by atoms with Crippen LogP contribution >= 0.6 is 23.4 Å². The van der Waals surface area contributed by atoms with Gasteiger partial charge in [-0.1, -0.05) is 30.7 Å². The van der Waals surface area contributed by atoms with Crippen molar-refractivity contribution in [1.29, 1.82) is 0 Å². The van der Waals surface area contributed by atoms with Gasteiger partial charge in [-0.15, -0.1) is 11.8 Å². The van der Waals surface area contributed by atoms with Gasteiger partial charge >= 0.3 is 0 Å². The molecule has 24 heavy (non-hydrogen) atoms. The van der Waals surface area contributed by atoms with Gasteiger partial charge < -0.3 is 10.1 Å². The fraction of sp³-hybridized carbons (Fsp3) is 0.316. The number of rotatable bonds is 6. The van der Waals surface area contributed by atoms with E-state index in [1.54, 1.807) is 18.7 Å². The van der Waals surface area contributed by atoms with Crippen LogP contribution in [0.4, 0.5) is 5.69 Å². The molecule has 0 aliphatic rings. The number of carbonyl (C=O) groups excluding carboxylic acids is 1. The number of para-hydroxylation sites is 1. The third kappa shape index (κ3) is 4.68. The van der Waals surface area contributed by atoms with Crippen molar-refractivity contribution < 1.29 is 9.53 Å². The number of amides is 1. The van der Waals surface area contributed by atoms with Gasteiger partial charge in [0.15, 0.2) is 6.10 Å². The standard InChI is InChI=1S/C19H22ClNO2S/c1-5-24-17-9-7-6-8-16(17)21-19(22)14(4)23-15-10-12(2)18(20)13(3)11-15/h6-11,14H,5H2,1-4H3,(H,21,22). The summed E-state index contributed by atoms with van der Waals surface area (Å²) in [5, 5.41) is 3.67. The number of hydrogen-bond donors (Lipinski definition) is 1. The average molecular weight is 364 g/mol. The van der Waals surface area contributed by atoms with Crippen LogP contribution in [0.5, 0.6) is 5.75 Å². The van der Waals surface area contributed by atoms with Crippen LogP contribution in [0.25, 0.3) is 0 Å². The molecule has 0 bridgehead atoms. The lowest BCUT2D eigenvalue weighted by Crippen LogP contribution is -2.30. The molecule has 1 N–H and O–H groups in total. The van der Waals surface area contributed by atoms with Crippen molar-refractivity contribution >= 4 is 35.0 Å². The summed E-state index contributed by atoms with van der Waals surface area (Å²) in [6.07, 6.45) is -0.607. The second-order valence-electron chi connectivity index (χ2n) is 5.55. The SMILES string of the molecule is CCSc1ccccc1NC(=O)C(C)Oc1cc(C)c(Cl)c(C)c1. The molecule has 1 unspecified atom stereocenters. The van der Waals surface area contributed by atoms with E-state index < -0.39 is 6.10 Å². The Bertz CT molecular complexity index is 710. The highest BCUT2D eigenvalue weighted by atomic mass is 35.5. The van der Waals surface area contributed by atoms with Crippen LogP contribution in [0.1, 0.15) is 25.0 Å². The van der Waals surface area contributed by atoms with Crippen molar-refractivity contribution in [3.63, 3.8) is 0 Å². The monoisotopic (exact) mass is 363 g/mol. The zero-order valence-corrected chi connectivity index (χ0v) is 15.9. The molecule has 128 valence electrons. The van der Waals surface area contributed by atoms with Gasteiger partial charge in [-0.3, -0.25) is 4.79 Å². The number of ether oxygens (including phenoxy) is 1. The van der Waals surface area contributed by atoms with Crippen LogP contribution in [-0.4, -0.2) is 17.8 Å². The summed E-state index contributed by atoms with van der Waals surface area (Å²) in [5.41, 5.74) is 2.68. The topological polar surface area (TPSA) is 38.3 Å². The molecule has 0 radical (unpaired) electrons. The molecule has 2 aromatic carbocycles. The van der Waals surface area contributed by atoms with Crippen LogP contribution in [0.15, 0.2) is 41.3 Å². The number of halogens is 1. The number of benzene rings is 2. The summed E-state index contributed by atoms with van der Waals surface area (Å²) in [6, 6.07) is 11.5. The molecule has 0 spiro atoms. The smallest absolute Gasteiger partial charge is 0.265 e. The van der Waals surface area contributed by atoms with E-state index >= 15 is 0 Å². The molecule has 0 aliphatic carbocycles. The van der Waals surface area contributed by atoms with Gasteiger partial charge in [0.25, 0.3) is 5.91 Å². The van der Waals surface area contributed by atoms with Crippen molar-refractivity contribution in [2.45, 2.75) is 38.7 Å². The maximum absolute atomic E-state index is 12.4. The number of anilines is 1. The molecule has 3 nitrogen and oxygen atoms in total. The lowest BCUT2D eigenvalue weighted by atomic mass is 10.1. The number of carbonyl (C=O) groups is 1. The zero-order valence-electron chi connectivity index (χ0n) is 14.4. The van der Waals surface area contributed by atoms with E-state index in [-0.39, 0.29) is 5.91 Å². The normalized spacial score (nSPS) is 11.9. The largest absolute Gasteiger partial charge is 0.481 e. The van der Waals surface area contributed by atoms with Gasteiger partial charge in [0, 0.05) is 9.92 Å². The van der Waals surface area contributed by atoms with Gasteiger partial charge in [-0.05, 0) is 61.9 Å². The Hall–Kier alpha value is -1.65. The first-order valence-corrected chi connectivity index (χ1v) is 9.24. The predicted molar refractivity (Wildman–Crippen MR) is 102 cm³/mol. The van der Waals surface area contributed by atoms with E-state index in [0.29, 0.717) is 5.75 Å². The van der Waals surface area contributed by atoms with Gasteiger partial charge in [0.2, 0.25) is 0 Å². The summed E-state index contributed by atoms with van der Waals surface area (Å²) in [6.45, 7) is 7.67. The second kappa shape index (κ2) is 8.45. The Balaban J connectivity index is 2.08. The molecule has 0 aromatic heterocycles. The van der Waals surface area contributed by atoms with E-state index in [1.165, 1.54) is 0 Å². The van der Waals surface area contributed by atoms with Crippen molar-refractivity contribution in [1.82, 2.24) is 0 Å². The molecule has 0 heterocycles. The minimum absolute atomic E-state index is 0.176. The van der Waals surface area contributed by atoms with Gasteiger partial charge in [-0.25, -0.2) is 0 Å². The van der Waals surface area contributed by atoms with Gasteiger partial charge in [0.05, 0.1) is 5.69 Å². The summed E-state index contributed by atoms with van der Waals surface area (Å²) >= 11 is 7.86.